The van der Waals surface area contributed by atoms with Crippen LogP contribution in [0.15, 0.2) is 18.2 Å². The number of benzene rings is 1. The Labute approximate surface area is 122 Å². The first-order valence-corrected chi connectivity index (χ1v) is 6.34. The number of aliphatic carboxylic acids is 1. The highest BCUT2D eigenvalue weighted by Crippen LogP contribution is 2.16. The minimum atomic E-state index is -1.21. The SMILES string of the molecule is C#CCC(NC(=O)NC(C)c1ccc(C)c(F)c1)C(=O)O. The van der Waals surface area contributed by atoms with Gasteiger partial charge in [-0.3, -0.25) is 0 Å². The van der Waals surface area contributed by atoms with Gasteiger partial charge in [-0.05, 0) is 31.0 Å². The van der Waals surface area contributed by atoms with Gasteiger partial charge >= 0.3 is 12.0 Å². The second-order valence-corrected chi connectivity index (χ2v) is 4.65. The highest BCUT2D eigenvalue weighted by Gasteiger charge is 2.20. The molecular weight excluding hydrogens is 275 g/mol. The van der Waals surface area contributed by atoms with Crippen molar-refractivity contribution in [3.63, 3.8) is 0 Å². The molecule has 2 amide bonds. The summed E-state index contributed by atoms with van der Waals surface area (Å²) >= 11 is 0. The summed E-state index contributed by atoms with van der Waals surface area (Å²) in [6.07, 6.45) is 4.92. The lowest BCUT2D eigenvalue weighted by Gasteiger charge is -2.18. The first-order chi connectivity index (χ1) is 9.85. The minimum absolute atomic E-state index is 0.115. The summed E-state index contributed by atoms with van der Waals surface area (Å²) < 4.78 is 13.5. The molecular formula is C15H17FN2O3. The van der Waals surface area contributed by atoms with Crippen LogP contribution < -0.4 is 10.6 Å². The molecule has 1 rings (SSSR count). The van der Waals surface area contributed by atoms with Crippen molar-refractivity contribution in [3.05, 3.63) is 35.1 Å². The lowest BCUT2D eigenvalue weighted by atomic mass is 10.1. The van der Waals surface area contributed by atoms with E-state index in [0.717, 1.165) is 0 Å². The number of terminal acetylenes is 1. The number of carbonyl (C=O) groups is 2. The van der Waals surface area contributed by atoms with Crippen molar-refractivity contribution in [2.45, 2.75) is 32.4 Å². The summed E-state index contributed by atoms with van der Waals surface area (Å²) in [7, 11) is 0. The van der Waals surface area contributed by atoms with Crippen molar-refractivity contribution in [1.82, 2.24) is 10.6 Å². The molecule has 0 aliphatic heterocycles. The van der Waals surface area contributed by atoms with Gasteiger partial charge in [0.05, 0.1) is 6.04 Å². The number of carboxylic acids is 1. The monoisotopic (exact) mass is 292 g/mol. The summed E-state index contributed by atoms with van der Waals surface area (Å²) in [4.78, 5) is 22.6. The molecule has 5 nitrogen and oxygen atoms in total. The number of carbonyl (C=O) groups excluding carboxylic acids is 1. The first-order valence-electron chi connectivity index (χ1n) is 6.34. The Morgan fingerprint density at radius 2 is 2.10 bits per heavy atom. The van der Waals surface area contributed by atoms with Crippen LogP contribution in [0.5, 0.6) is 0 Å². The smallest absolute Gasteiger partial charge is 0.327 e. The Morgan fingerprint density at radius 1 is 1.43 bits per heavy atom. The third kappa shape index (κ3) is 4.80. The van der Waals surface area contributed by atoms with Crippen LogP contribution in [-0.4, -0.2) is 23.1 Å². The van der Waals surface area contributed by atoms with Gasteiger partial charge in [0.2, 0.25) is 0 Å². The van der Waals surface area contributed by atoms with E-state index in [1.807, 2.05) is 0 Å². The number of carboxylic acid groups (broad SMARTS) is 1. The average molecular weight is 292 g/mol. The molecule has 21 heavy (non-hydrogen) atoms. The van der Waals surface area contributed by atoms with Gasteiger partial charge in [0.1, 0.15) is 11.9 Å². The van der Waals surface area contributed by atoms with Crippen LogP contribution in [0.3, 0.4) is 0 Å². The summed E-state index contributed by atoms with van der Waals surface area (Å²) in [5, 5.41) is 13.7. The fourth-order valence-electron chi connectivity index (χ4n) is 1.68. The van der Waals surface area contributed by atoms with E-state index in [2.05, 4.69) is 16.6 Å². The zero-order valence-electron chi connectivity index (χ0n) is 11.8. The molecule has 6 heteroatoms. The predicted octanol–water partition coefficient (Wildman–Crippen LogP) is 1.97. The molecule has 0 saturated heterocycles. The van der Waals surface area contributed by atoms with E-state index in [1.165, 1.54) is 6.07 Å². The van der Waals surface area contributed by atoms with Crippen molar-refractivity contribution in [3.8, 4) is 12.3 Å². The van der Waals surface area contributed by atoms with E-state index in [-0.39, 0.29) is 12.2 Å². The number of aryl methyl sites for hydroxylation is 1. The highest BCUT2D eigenvalue weighted by atomic mass is 19.1. The first kappa shape index (κ1) is 16.5. The Kier molecular flexibility index (Phi) is 5.73. The molecule has 0 aliphatic rings. The second kappa shape index (κ2) is 7.29. The molecule has 0 radical (unpaired) electrons. The fraction of sp³-hybridized carbons (Fsp3) is 0.333. The summed E-state index contributed by atoms with van der Waals surface area (Å²) in [6, 6.07) is 2.33. The van der Waals surface area contributed by atoms with Crippen LogP contribution in [0.25, 0.3) is 0 Å². The standard InChI is InChI=1S/C15H17FN2O3/c1-4-5-13(14(19)20)18-15(21)17-10(3)11-7-6-9(2)12(16)8-11/h1,6-8,10,13H,5H2,2-3H3,(H,19,20)(H2,17,18,21). The molecule has 112 valence electrons. The van der Waals surface area contributed by atoms with E-state index < -0.39 is 24.1 Å². The molecule has 2 unspecified atom stereocenters. The van der Waals surface area contributed by atoms with Crippen LogP contribution in [0.1, 0.15) is 30.5 Å². The van der Waals surface area contributed by atoms with Crippen molar-refractivity contribution in [1.29, 1.82) is 0 Å². The van der Waals surface area contributed by atoms with Gasteiger partial charge < -0.3 is 15.7 Å². The van der Waals surface area contributed by atoms with Crippen molar-refractivity contribution < 1.29 is 19.1 Å². The quantitative estimate of drug-likeness (QED) is 0.726. The van der Waals surface area contributed by atoms with Crippen LogP contribution in [0.2, 0.25) is 0 Å². The van der Waals surface area contributed by atoms with E-state index in [1.54, 1.807) is 26.0 Å². The van der Waals surface area contributed by atoms with Gasteiger partial charge in [0, 0.05) is 6.42 Å². The van der Waals surface area contributed by atoms with Crippen LogP contribution >= 0.6 is 0 Å². The molecule has 0 heterocycles. The zero-order chi connectivity index (χ0) is 16.0. The molecule has 2 atom stereocenters. The van der Waals surface area contributed by atoms with E-state index in [4.69, 9.17) is 11.5 Å². The summed E-state index contributed by atoms with van der Waals surface area (Å²) in [5.74, 6) is 0.606. The maximum atomic E-state index is 13.5. The highest BCUT2D eigenvalue weighted by molar-refractivity contribution is 5.82. The Bertz CT molecular complexity index is 581. The van der Waals surface area contributed by atoms with Crippen LogP contribution in [-0.2, 0) is 4.79 Å². The van der Waals surface area contributed by atoms with E-state index >= 15 is 0 Å². The average Bonchev–Trinajstić information content (AvgIpc) is 2.41. The molecule has 0 aliphatic carbocycles. The molecule has 1 aromatic rings. The zero-order valence-corrected chi connectivity index (χ0v) is 11.8. The molecule has 0 aromatic heterocycles. The molecule has 1 aromatic carbocycles. The topological polar surface area (TPSA) is 78.4 Å². The number of hydrogen-bond donors (Lipinski definition) is 3. The summed E-state index contributed by atoms with van der Waals surface area (Å²) in [5.41, 5.74) is 1.09. The number of nitrogens with one attached hydrogen (secondary N) is 2. The molecule has 0 bridgehead atoms. The number of urea groups is 1. The number of hydrogen-bond acceptors (Lipinski definition) is 2. The number of amides is 2. The number of halogens is 1. The van der Waals surface area contributed by atoms with Gasteiger partial charge in [-0.2, -0.15) is 0 Å². The van der Waals surface area contributed by atoms with Gasteiger partial charge in [-0.1, -0.05) is 12.1 Å². The van der Waals surface area contributed by atoms with Crippen LogP contribution in [0.4, 0.5) is 9.18 Å². The van der Waals surface area contributed by atoms with Crippen molar-refractivity contribution in [2.75, 3.05) is 0 Å². The van der Waals surface area contributed by atoms with Gasteiger partial charge in [-0.15, -0.1) is 12.3 Å². The third-order valence-electron chi connectivity index (χ3n) is 2.97. The Hall–Kier alpha value is -2.55. The lowest BCUT2D eigenvalue weighted by Crippen LogP contribution is -2.46. The molecule has 0 fully saturated rings. The van der Waals surface area contributed by atoms with E-state index in [0.29, 0.717) is 11.1 Å². The fourth-order valence-corrected chi connectivity index (χ4v) is 1.68. The normalized spacial score (nSPS) is 12.9. The largest absolute Gasteiger partial charge is 0.480 e. The second-order valence-electron chi connectivity index (χ2n) is 4.65. The van der Waals surface area contributed by atoms with Crippen molar-refractivity contribution in [2.24, 2.45) is 0 Å². The van der Waals surface area contributed by atoms with Gasteiger partial charge in [0.25, 0.3) is 0 Å². The van der Waals surface area contributed by atoms with Crippen molar-refractivity contribution >= 4 is 12.0 Å². The molecule has 3 N–H and O–H groups in total. The predicted molar refractivity (Wildman–Crippen MR) is 76.1 cm³/mol. The summed E-state index contributed by atoms with van der Waals surface area (Å²) in [6.45, 7) is 3.31. The van der Waals surface area contributed by atoms with E-state index in [9.17, 15) is 14.0 Å². The Balaban J connectivity index is 2.67. The van der Waals surface area contributed by atoms with Gasteiger partial charge in [-0.25, -0.2) is 14.0 Å². The van der Waals surface area contributed by atoms with Gasteiger partial charge in [0.15, 0.2) is 0 Å². The third-order valence-corrected chi connectivity index (χ3v) is 2.97. The number of rotatable bonds is 5. The lowest BCUT2D eigenvalue weighted by molar-refractivity contribution is -0.139. The Morgan fingerprint density at radius 3 is 2.62 bits per heavy atom. The maximum absolute atomic E-state index is 13.5. The minimum Gasteiger partial charge on any atom is -0.480 e. The molecule has 0 saturated carbocycles. The molecule has 0 spiro atoms. The van der Waals surface area contributed by atoms with Crippen LogP contribution in [0, 0.1) is 25.1 Å². The maximum Gasteiger partial charge on any atom is 0.327 e.